The average molecular weight is 236 g/mol. The summed E-state index contributed by atoms with van der Waals surface area (Å²) in [7, 11) is 0. The van der Waals surface area contributed by atoms with Crippen LogP contribution in [0.2, 0.25) is 0 Å². The van der Waals surface area contributed by atoms with E-state index < -0.39 is 0 Å². The van der Waals surface area contributed by atoms with Crippen LogP contribution < -0.4 is 10.1 Å². The second kappa shape index (κ2) is 6.57. The van der Waals surface area contributed by atoms with E-state index >= 15 is 0 Å². The highest BCUT2D eigenvalue weighted by atomic mass is 16.5. The second-order valence-electron chi connectivity index (χ2n) is 4.23. The van der Waals surface area contributed by atoms with Crippen LogP contribution in [0, 0.1) is 0 Å². The second-order valence-corrected chi connectivity index (χ2v) is 4.23. The summed E-state index contributed by atoms with van der Waals surface area (Å²) in [6, 6.07) is 3.96. The van der Waals surface area contributed by atoms with Gasteiger partial charge in [0.25, 0.3) is 0 Å². The van der Waals surface area contributed by atoms with Gasteiger partial charge in [0.1, 0.15) is 6.61 Å². The first kappa shape index (κ1) is 12.3. The highest BCUT2D eigenvalue weighted by Crippen LogP contribution is 2.14. The molecule has 0 aliphatic carbocycles. The van der Waals surface area contributed by atoms with Crippen LogP contribution in [0.25, 0.3) is 0 Å². The molecule has 1 saturated heterocycles. The number of pyridine rings is 1. The average Bonchev–Trinajstić information content (AvgIpc) is 2.88. The number of ether oxygens (including phenoxy) is 2. The van der Waals surface area contributed by atoms with Crippen LogP contribution in [0.5, 0.6) is 5.88 Å². The first-order chi connectivity index (χ1) is 8.38. The van der Waals surface area contributed by atoms with E-state index in [0.29, 0.717) is 12.5 Å². The molecule has 4 heteroatoms. The minimum absolute atomic E-state index is 0.248. The lowest BCUT2D eigenvalue weighted by atomic mass is 10.2. The molecule has 17 heavy (non-hydrogen) atoms. The van der Waals surface area contributed by atoms with Crippen LogP contribution in [0.15, 0.2) is 18.3 Å². The van der Waals surface area contributed by atoms with Crippen molar-refractivity contribution in [2.45, 2.75) is 32.4 Å². The van der Waals surface area contributed by atoms with Crippen molar-refractivity contribution in [3.8, 4) is 5.88 Å². The molecule has 0 saturated carbocycles. The predicted molar refractivity (Wildman–Crippen MR) is 66.1 cm³/mol. The van der Waals surface area contributed by atoms with Crippen LogP contribution in [0.3, 0.4) is 0 Å². The van der Waals surface area contributed by atoms with Gasteiger partial charge in [-0.3, -0.25) is 0 Å². The maximum Gasteiger partial charge on any atom is 0.213 e. The standard InChI is InChI=1S/C13H20N2O2/c1-2-14-8-11-5-6-13(15-9-11)17-10-12-4-3-7-16-12/h5-6,9,12,14H,2-4,7-8,10H2,1H3. The Kier molecular flexibility index (Phi) is 4.76. The lowest BCUT2D eigenvalue weighted by molar-refractivity contribution is 0.0663. The van der Waals surface area contributed by atoms with Crippen LogP contribution in [-0.4, -0.2) is 30.8 Å². The fourth-order valence-corrected chi connectivity index (χ4v) is 1.82. The van der Waals surface area contributed by atoms with E-state index in [1.807, 2.05) is 18.3 Å². The Balaban J connectivity index is 1.76. The van der Waals surface area contributed by atoms with Crippen molar-refractivity contribution in [1.82, 2.24) is 10.3 Å². The fourth-order valence-electron chi connectivity index (χ4n) is 1.82. The molecule has 0 bridgehead atoms. The number of rotatable bonds is 6. The topological polar surface area (TPSA) is 43.4 Å². The number of aromatic nitrogens is 1. The molecule has 1 aliphatic rings. The molecule has 1 N–H and O–H groups in total. The molecular formula is C13H20N2O2. The summed E-state index contributed by atoms with van der Waals surface area (Å²) >= 11 is 0. The zero-order valence-corrected chi connectivity index (χ0v) is 10.3. The molecule has 1 aromatic rings. The van der Waals surface area contributed by atoms with E-state index in [-0.39, 0.29) is 6.10 Å². The molecule has 2 rings (SSSR count). The van der Waals surface area contributed by atoms with E-state index in [1.165, 1.54) is 5.56 Å². The van der Waals surface area contributed by atoms with Gasteiger partial charge in [-0.1, -0.05) is 13.0 Å². The SMILES string of the molecule is CCNCc1ccc(OCC2CCCO2)nc1. The lowest BCUT2D eigenvalue weighted by Crippen LogP contribution is -2.17. The van der Waals surface area contributed by atoms with Gasteiger partial charge in [-0.25, -0.2) is 4.98 Å². The molecule has 0 amide bonds. The summed E-state index contributed by atoms with van der Waals surface area (Å²) < 4.78 is 11.1. The third-order valence-corrected chi connectivity index (χ3v) is 2.82. The number of hydrogen-bond donors (Lipinski definition) is 1. The molecule has 1 aliphatic heterocycles. The zero-order valence-electron chi connectivity index (χ0n) is 10.3. The molecule has 4 nitrogen and oxygen atoms in total. The Morgan fingerprint density at radius 1 is 1.53 bits per heavy atom. The van der Waals surface area contributed by atoms with E-state index in [2.05, 4.69) is 17.2 Å². The molecule has 0 aromatic carbocycles. The third kappa shape index (κ3) is 3.98. The maximum atomic E-state index is 5.59. The van der Waals surface area contributed by atoms with Crippen LogP contribution in [0.4, 0.5) is 0 Å². The first-order valence-corrected chi connectivity index (χ1v) is 6.28. The Bertz CT molecular complexity index is 321. The number of hydrogen-bond acceptors (Lipinski definition) is 4. The van der Waals surface area contributed by atoms with Crippen molar-refractivity contribution in [3.05, 3.63) is 23.9 Å². The summed E-state index contributed by atoms with van der Waals surface area (Å²) in [4.78, 5) is 4.27. The molecule has 1 aromatic heterocycles. The Morgan fingerprint density at radius 3 is 3.12 bits per heavy atom. The fraction of sp³-hybridized carbons (Fsp3) is 0.615. The minimum Gasteiger partial charge on any atom is -0.475 e. The Hall–Kier alpha value is -1.13. The highest BCUT2D eigenvalue weighted by molar-refractivity contribution is 5.17. The largest absolute Gasteiger partial charge is 0.475 e. The van der Waals surface area contributed by atoms with Crippen molar-refractivity contribution in [3.63, 3.8) is 0 Å². The summed E-state index contributed by atoms with van der Waals surface area (Å²) in [5.74, 6) is 0.681. The number of nitrogens with zero attached hydrogens (tertiary/aromatic N) is 1. The van der Waals surface area contributed by atoms with Crippen molar-refractivity contribution in [2.75, 3.05) is 19.8 Å². The molecule has 0 radical (unpaired) electrons. The van der Waals surface area contributed by atoms with E-state index in [4.69, 9.17) is 9.47 Å². The molecule has 2 heterocycles. The number of nitrogens with one attached hydrogen (secondary N) is 1. The predicted octanol–water partition coefficient (Wildman–Crippen LogP) is 1.75. The quantitative estimate of drug-likeness (QED) is 0.817. The van der Waals surface area contributed by atoms with Gasteiger partial charge in [-0.2, -0.15) is 0 Å². The highest BCUT2D eigenvalue weighted by Gasteiger charge is 2.16. The maximum absolute atomic E-state index is 5.59. The molecule has 1 fully saturated rings. The normalized spacial score (nSPS) is 19.5. The van der Waals surface area contributed by atoms with Crippen molar-refractivity contribution < 1.29 is 9.47 Å². The van der Waals surface area contributed by atoms with Crippen LogP contribution >= 0.6 is 0 Å². The van der Waals surface area contributed by atoms with Gasteiger partial charge in [0.2, 0.25) is 5.88 Å². The van der Waals surface area contributed by atoms with E-state index in [0.717, 1.165) is 32.5 Å². The summed E-state index contributed by atoms with van der Waals surface area (Å²) in [6.45, 7) is 5.39. The summed E-state index contributed by atoms with van der Waals surface area (Å²) in [6.07, 6.45) is 4.34. The van der Waals surface area contributed by atoms with Gasteiger partial charge >= 0.3 is 0 Å². The lowest BCUT2D eigenvalue weighted by Gasteiger charge is -2.10. The van der Waals surface area contributed by atoms with E-state index in [1.54, 1.807) is 0 Å². The summed E-state index contributed by atoms with van der Waals surface area (Å²) in [5.41, 5.74) is 1.18. The molecule has 1 unspecified atom stereocenters. The summed E-state index contributed by atoms with van der Waals surface area (Å²) in [5, 5.41) is 3.26. The third-order valence-electron chi connectivity index (χ3n) is 2.82. The molecule has 94 valence electrons. The van der Waals surface area contributed by atoms with Crippen LogP contribution in [-0.2, 0) is 11.3 Å². The van der Waals surface area contributed by atoms with Crippen molar-refractivity contribution in [2.24, 2.45) is 0 Å². The van der Waals surface area contributed by atoms with E-state index in [9.17, 15) is 0 Å². The Labute approximate surface area is 102 Å². The smallest absolute Gasteiger partial charge is 0.213 e. The monoisotopic (exact) mass is 236 g/mol. The molecule has 0 spiro atoms. The zero-order chi connectivity index (χ0) is 11.9. The van der Waals surface area contributed by atoms with Gasteiger partial charge in [0, 0.05) is 25.4 Å². The van der Waals surface area contributed by atoms with Crippen molar-refractivity contribution >= 4 is 0 Å². The van der Waals surface area contributed by atoms with Crippen molar-refractivity contribution in [1.29, 1.82) is 0 Å². The minimum atomic E-state index is 0.248. The van der Waals surface area contributed by atoms with Gasteiger partial charge < -0.3 is 14.8 Å². The van der Waals surface area contributed by atoms with Gasteiger partial charge in [0.15, 0.2) is 0 Å². The van der Waals surface area contributed by atoms with Crippen LogP contribution in [0.1, 0.15) is 25.3 Å². The Morgan fingerprint density at radius 2 is 2.47 bits per heavy atom. The molecular weight excluding hydrogens is 216 g/mol. The first-order valence-electron chi connectivity index (χ1n) is 6.28. The molecule has 1 atom stereocenters. The van der Waals surface area contributed by atoms with Gasteiger partial charge in [-0.15, -0.1) is 0 Å². The van der Waals surface area contributed by atoms with Gasteiger partial charge in [0.05, 0.1) is 6.10 Å². The van der Waals surface area contributed by atoms with Gasteiger partial charge in [-0.05, 0) is 24.9 Å².